The number of aryl methyl sites for hydroxylation is 2. The SMILES string of the molecule is Cc1nc(C)c(-c2nnc(SCCCN3C[C@H]4CC4(c4ccc(C(F)(F)F)cc4F)C3)n2C)o1.Cl. The highest BCUT2D eigenvalue weighted by molar-refractivity contribution is 7.99. The average molecular weight is 532 g/mol. The van der Waals surface area contributed by atoms with E-state index in [1.165, 1.54) is 6.07 Å². The van der Waals surface area contributed by atoms with Crippen LogP contribution in [0.3, 0.4) is 0 Å². The van der Waals surface area contributed by atoms with Crippen LogP contribution >= 0.6 is 24.2 Å². The standard InChI is InChI=1S/C23H25F4N5OS.ClH/c1-13-19(33-14(2)28-13)20-29-30-21(31(20)3)34-8-4-7-32-11-16-10-22(16,12-32)17-6-5-15(9-18(17)24)23(25,26)27;/h5-6,9,16H,4,7-8,10-12H2,1-3H3;1H/t16-,22?;/m1./s1. The van der Waals surface area contributed by atoms with Crippen LogP contribution in [-0.2, 0) is 18.6 Å². The molecule has 1 aromatic carbocycles. The van der Waals surface area contributed by atoms with Gasteiger partial charge in [-0.05, 0) is 49.9 Å². The van der Waals surface area contributed by atoms with Gasteiger partial charge in [-0.15, -0.1) is 22.6 Å². The molecule has 12 heteroatoms. The van der Waals surface area contributed by atoms with Crippen molar-refractivity contribution in [2.24, 2.45) is 13.0 Å². The lowest BCUT2D eigenvalue weighted by atomic mass is 9.93. The Morgan fingerprint density at radius 2 is 2.00 bits per heavy atom. The number of benzene rings is 1. The van der Waals surface area contributed by atoms with Crippen molar-refractivity contribution in [2.45, 2.75) is 43.4 Å². The molecule has 2 aromatic heterocycles. The molecule has 0 N–H and O–H groups in total. The number of hydrogen-bond donors (Lipinski definition) is 0. The Hall–Kier alpha value is -2.11. The minimum atomic E-state index is -4.53. The second-order valence-electron chi connectivity index (χ2n) is 9.20. The van der Waals surface area contributed by atoms with Gasteiger partial charge in [0.05, 0.1) is 11.3 Å². The summed E-state index contributed by atoms with van der Waals surface area (Å²) in [6.45, 7) is 6.04. The Morgan fingerprint density at radius 1 is 1.23 bits per heavy atom. The van der Waals surface area contributed by atoms with E-state index in [0.717, 1.165) is 48.6 Å². The number of alkyl halides is 3. The summed E-state index contributed by atoms with van der Waals surface area (Å²) >= 11 is 1.61. The molecular weight excluding hydrogens is 506 g/mol. The van der Waals surface area contributed by atoms with Crippen LogP contribution in [-0.4, -0.2) is 50.0 Å². The summed E-state index contributed by atoms with van der Waals surface area (Å²) in [6.07, 6.45) is -2.79. The molecule has 2 aliphatic rings. The number of likely N-dealkylation sites (tertiary alicyclic amines) is 1. The van der Waals surface area contributed by atoms with E-state index in [0.29, 0.717) is 41.6 Å². The van der Waals surface area contributed by atoms with Crippen LogP contribution < -0.4 is 0 Å². The molecule has 1 saturated carbocycles. The zero-order chi connectivity index (χ0) is 24.3. The van der Waals surface area contributed by atoms with E-state index < -0.39 is 17.6 Å². The Kier molecular flexibility index (Phi) is 6.98. The number of nitrogens with zero attached hydrogens (tertiary/aromatic N) is 5. The maximum absolute atomic E-state index is 14.6. The predicted molar refractivity (Wildman–Crippen MR) is 126 cm³/mol. The fourth-order valence-electron chi connectivity index (χ4n) is 5.10. The molecule has 1 aliphatic carbocycles. The maximum Gasteiger partial charge on any atom is 0.416 e. The fraction of sp³-hybridized carbons (Fsp3) is 0.522. The third kappa shape index (κ3) is 4.82. The smallest absolute Gasteiger partial charge is 0.416 e. The van der Waals surface area contributed by atoms with Gasteiger partial charge in [-0.1, -0.05) is 17.8 Å². The van der Waals surface area contributed by atoms with E-state index in [-0.39, 0.29) is 17.8 Å². The third-order valence-electron chi connectivity index (χ3n) is 6.84. The van der Waals surface area contributed by atoms with Crippen molar-refractivity contribution in [1.82, 2.24) is 24.6 Å². The topological polar surface area (TPSA) is 60.0 Å². The zero-order valence-electron chi connectivity index (χ0n) is 19.5. The van der Waals surface area contributed by atoms with Crippen molar-refractivity contribution in [3.63, 3.8) is 0 Å². The van der Waals surface area contributed by atoms with Gasteiger partial charge < -0.3 is 13.9 Å². The van der Waals surface area contributed by atoms with Crippen molar-refractivity contribution in [3.05, 3.63) is 46.7 Å². The minimum Gasteiger partial charge on any atom is -0.437 e. The van der Waals surface area contributed by atoms with Gasteiger partial charge in [0.2, 0.25) is 5.82 Å². The number of rotatable bonds is 7. The van der Waals surface area contributed by atoms with Crippen molar-refractivity contribution in [1.29, 1.82) is 0 Å². The highest BCUT2D eigenvalue weighted by Gasteiger charge is 2.61. The molecule has 0 bridgehead atoms. The van der Waals surface area contributed by atoms with E-state index >= 15 is 0 Å². The molecule has 1 saturated heterocycles. The van der Waals surface area contributed by atoms with E-state index in [4.69, 9.17) is 4.42 Å². The number of aromatic nitrogens is 4. The van der Waals surface area contributed by atoms with Crippen LogP contribution in [0.5, 0.6) is 0 Å². The summed E-state index contributed by atoms with van der Waals surface area (Å²) in [5, 5.41) is 9.30. The quantitative estimate of drug-likeness (QED) is 0.230. The average Bonchev–Trinajstić information content (AvgIpc) is 3.00. The first-order valence-electron chi connectivity index (χ1n) is 11.1. The molecule has 0 radical (unpaired) electrons. The lowest BCUT2D eigenvalue weighted by Gasteiger charge is -2.21. The second-order valence-corrected chi connectivity index (χ2v) is 10.3. The monoisotopic (exact) mass is 531 g/mol. The molecule has 3 aromatic rings. The highest BCUT2D eigenvalue weighted by atomic mass is 35.5. The number of hydrogen-bond acceptors (Lipinski definition) is 6. The van der Waals surface area contributed by atoms with Crippen molar-refractivity contribution < 1.29 is 22.0 Å². The molecule has 0 spiro atoms. The predicted octanol–water partition coefficient (Wildman–Crippen LogP) is 5.42. The Balaban J connectivity index is 0.00000289. The van der Waals surface area contributed by atoms with Crippen molar-refractivity contribution in [2.75, 3.05) is 25.4 Å². The largest absolute Gasteiger partial charge is 0.437 e. The lowest BCUT2D eigenvalue weighted by molar-refractivity contribution is -0.137. The first-order valence-corrected chi connectivity index (χ1v) is 12.1. The van der Waals surface area contributed by atoms with E-state index in [1.54, 1.807) is 18.7 Å². The molecule has 3 heterocycles. The molecule has 1 aliphatic heterocycles. The highest BCUT2D eigenvalue weighted by Crippen LogP contribution is 2.59. The molecule has 2 fully saturated rings. The molecular formula is C23H26ClF4N5OS. The van der Waals surface area contributed by atoms with Gasteiger partial charge in [0.15, 0.2) is 16.8 Å². The number of fused-ring (bicyclic) bond motifs is 1. The van der Waals surface area contributed by atoms with Crippen LogP contribution in [0.25, 0.3) is 11.6 Å². The number of halogens is 5. The summed E-state index contributed by atoms with van der Waals surface area (Å²) in [5.41, 5.74) is -0.0790. The molecule has 1 unspecified atom stereocenters. The van der Waals surface area contributed by atoms with Gasteiger partial charge in [0.25, 0.3) is 0 Å². The van der Waals surface area contributed by atoms with Gasteiger partial charge in [-0.25, -0.2) is 9.37 Å². The van der Waals surface area contributed by atoms with E-state index in [9.17, 15) is 17.6 Å². The van der Waals surface area contributed by atoms with Crippen LogP contribution in [0.2, 0.25) is 0 Å². The lowest BCUT2D eigenvalue weighted by Crippen LogP contribution is -2.28. The van der Waals surface area contributed by atoms with E-state index in [1.807, 2.05) is 18.5 Å². The van der Waals surface area contributed by atoms with Crippen LogP contribution in [0.15, 0.2) is 27.8 Å². The molecule has 190 valence electrons. The Morgan fingerprint density at radius 3 is 2.66 bits per heavy atom. The fourth-order valence-corrected chi connectivity index (χ4v) is 5.93. The van der Waals surface area contributed by atoms with Crippen LogP contribution in [0.1, 0.15) is 35.6 Å². The Labute approximate surface area is 210 Å². The second kappa shape index (κ2) is 9.40. The van der Waals surface area contributed by atoms with Crippen molar-refractivity contribution in [3.8, 4) is 11.6 Å². The zero-order valence-corrected chi connectivity index (χ0v) is 21.2. The van der Waals surface area contributed by atoms with E-state index in [2.05, 4.69) is 20.1 Å². The van der Waals surface area contributed by atoms with Crippen LogP contribution in [0.4, 0.5) is 17.6 Å². The van der Waals surface area contributed by atoms with Crippen molar-refractivity contribution >= 4 is 24.2 Å². The first-order chi connectivity index (χ1) is 16.1. The molecule has 2 atom stereocenters. The normalized spacial score (nSPS) is 21.7. The molecule has 35 heavy (non-hydrogen) atoms. The number of thioether (sulfide) groups is 1. The van der Waals surface area contributed by atoms with Gasteiger partial charge in [0, 0.05) is 38.2 Å². The van der Waals surface area contributed by atoms with Gasteiger partial charge in [0.1, 0.15) is 5.82 Å². The first kappa shape index (κ1) is 26.0. The molecule has 6 nitrogen and oxygen atoms in total. The summed E-state index contributed by atoms with van der Waals surface area (Å²) in [5.74, 6) is 2.24. The summed E-state index contributed by atoms with van der Waals surface area (Å²) in [7, 11) is 1.89. The third-order valence-corrected chi connectivity index (χ3v) is 7.95. The van der Waals surface area contributed by atoms with Gasteiger partial charge in [-0.3, -0.25) is 0 Å². The summed E-state index contributed by atoms with van der Waals surface area (Å²) in [4.78, 5) is 6.57. The van der Waals surface area contributed by atoms with Gasteiger partial charge >= 0.3 is 6.18 Å². The maximum atomic E-state index is 14.6. The molecule has 5 rings (SSSR count). The van der Waals surface area contributed by atoms with Gasteiger partial charge in [-0.2, -0.15) is 13.2 Å². The summed E-state index contributed by atoms with van der Waals surface area (Å²) < 4.78 is 60.7. The minimum absolute atomic E-state index is 0. The Bertz CT molecular complexity index is 1230. The summed E-state index contributed by atoms with van der Waals surface area (Å²) in [6, 6.07) is 2.97. The number of oxazole rings is 1. The molecule has 0 amide bonds. The van der Waals surface area contributed by atoms with Crippen LogP contribution in [0, 0.1) is 25.6 Å². The number of piperidine rings is 1.